The zero-order chi connectivity index (χ0) is 22.5. The van der Waals surface area contributed by atoms with Crippen LogP contribution in [0.5, 0.6) is 0 Å². The van der Waals surface area contributed by atoms with E-state index in [0.29, 0.717) is 22.7 Å². The molecule has 1 aliphatic heterocycles. The summed E-state index contributed by atoms with van der Waals surface area (Å²) in [5.41, 5.74) is 5.40. The average molecular weight is 429 g/mol. The number of ether oxygens (including phenoxy) is 1. The molecular weight excluding hydrogens is 400 g/mol. The predicted octanol–water partition coefficient (Wildman–Crippen LogP) is 5.17. The smallest absolute Gasteiger partial charge is 0.339 e. The fourth-order valence-corrected chi connectivity index (χ4v) is 4.23. The van der Waals surface area contributed by atoms with Gasteiger partial charge >= 0.3 is 5.97 Å². The van der Waals surface area contributed by atoms with Gasteiger partial charge in [0, 0.05) is 5.56 Å². The van der Waals surface area contributed by atoms with Gasteiger partial charge in [0.15, 0.2) is 0 Å². The zero-order valence-electron chi connectivity index (χ0n) is 18.5. The number of anilines is 1. The first-order valence-corrected chi connectivity index (χ1v) is 11.0. The van der Waals surface area contributed by atoms with Gasteiger partial charge in [-0.3, -0.25) is 4.79 Å². The van der Waals surface area contributed by atoms with Gasteiger partial charge in [0.05, 0.1) is 18.4 Å². The van der Waals surface area contributed by atoms with Crippen LogP contribution in [-0.4, -0.2) is 32.1 Å². The molecular formula is C27H28N2O3. The lowest BCUT2D eigenvalue weighted by Crippen LogP contribution is -2.26. The molecule has 5 nitrogen and oxygen atoms in total. The molecule has 3 aromatic rings. The normalized spacial score (nSPS) is 14.1. The molecule has 5 heteroatoms. The van der Waals surface area contributed by atoms with Crippen LogP contribution in [0.4, 0.5) is 5.69 Å². The van der Waals surface area contributed by atoms with Gasteiger partial charge < -0.3 is 15.4 Å². The Morgan fingerprint density at radius 3 is 2.38 bits per heavy atom. The molecule has 0 spiro atoms. The topological polar surface area (TPSA) is 67.4 Å². The largest absolute Gasteiger partial charge is 0.465 e. The Hall–Kier alpha value is -3.44. The van der Waals surface area contributed by atoms with Crippen molar-refractivity contribution in [1.82, 2.24) is 5.32 Å². The molecule has 0 bridgehead atoms. The summed E-state index contributed by atoms with van der Waals surface area (Å²) in [4.78, 5) is 25.7. The number of nitrogens with one attached hydrogen (secondary N) is 2. The second-order valence-corrected chi connectivity index (χ2v) is 8.17. The summed E-state index contributed by atoms with van der Waals surface area (Å²) in [6.45, 7) is 3.92. The SMILES string of the molecule is COC(=O)c1ccc(-c2ccccc2)cc1NC(=O)c1cc(C2CCNCC2)ccc1C. The molecule has 3 aromatic carbocycles. The molecule has 2 N–H and O–H groups in total. The second kappa shape index (κ2) is 9.79. The highest BCUT2D eigenvalue weighted by Crippen LogP contribution is 2.29. The van der Waals surface area contributed by atoms with E-state index in [4.69, 9.17) is 4.74 Å². The number of esters is 1. The van der Waals surface area contributed by atoms with Crippen LogP contribution in [0.3, 0.4) is 0 Å². The Bertz CT molecular complexity index is 1120. The van der Waals surface area contributed by atoms with Gasteiger partial charge in [-0.05, 0) is 79.2 Å². The summed E-state index contributed by atoms with van der Waals surface area (Å²) in [7, 11) is 1.34. The predicted molar refractivity (Wildman–Crippen MR) is 127 cm³/mol. The summed E-state index contributed by atoms with van der Waals surface area (Å²) in [6, 6.07) is 21.4. The number of hydrogen-bond donors (Lipinski definition) is 2. The monoisotopic (exact) mass is 428 g/mol. The van der Waals surface area contributed by atoms with Gasteiger partial charge in [-0.25, -0.2) is 4.79 Å². The lowest BCUT2D eigenvalue weighted by molar-refractivity contribution is 0.0602. The maximum absolute atomic E-state index is 13.3. The van der Waals surface area contributed by atoms with Crippen LogP contribution in [0.2, 0.25) is 0 Å². The highest BCUT2D eigenvalue weighted by atomic mass is 16.5. The molecule has 1 amide bonds. The highest BCUT2D eigenvalue weighted by molar-refractivity contribution is 6.09. The number of carbonyl (C=O) groups excluding carboxylic acids is 2. The van der Waals surface area contributed by atoms with Gasteiger partial charge in [-0.1, -0.05) is 48.5 Å². The first kappa shape index (κ1) is 21.8. The molecule has 1 fully saturated rings. The second-order valence-electron chi connectivity index (χ2n) is 8.17. The summed E-state index contributed by atoms with van der Waals surface area (Å²) in [5, 5.41) is 6.35. The first-order chi connectivity index (χ1) is 15.6. The van der Waals surface area contributed by atoms with Gasteiger partial charge in [0.25, 0.3) is 5.91 Å². The minimum absolute atomic E-state index is 0.228. The van der Waals surface area contributed by atoms with Crippen molar-refractivity contribution in [2.45, 2.75) is 25.7 Å². The van der Waals surface area contributed by atoms with E-state index in [9.17, 15) is 9.59 Å². The summed E-state index contributed by atoms with van der Waals surface area (Å²) in [6.07, 6.45) is 2.13. The van der Waals surface area contributed by atoms with Crippen molar-refractivity contribution in [2.75, 3.05) is 25.5 Å². The van der Waals surface area contributed by atoms with Gasteiger partial charge in [-0.15, -0.1) is 0 Å². The number of amides is 1. The van der Waals surface area contributed by atoms with Crippen LogP contribution in [0, 0.1) is 6.92 Å². The Balaban J connectivity index is 1.66. The highest BCUT2D eigenvalue weighted by Gasteiger charge is 2.20. The number of carbonyl (C=O) groups is 2. The summed E-state index contributed by atoms with van der Waals surface area (Å²) in [5.74, 6) is -0.260. The van der Waals surface area contributed by atoms with Crippen LogP contribution >= 0.6 is 0 Å². The van der Waals surface area contributed by atoms with Crippen molar-refractivity contribution in [3.63, 3.8) is 0 Å². The molecule has 164 valence electrons. The molecule has 1 aliphatic rings. The average Bonchev–Trinajstić information content (AvgIpc) is 2.85. The van der Waals surface area contributed by atoms with Crippen molar-refractivity contribution in [2.24, 2.45) is 0 Å². The Labute approximate surface area is 188 Å². The third kappa shape index (κ3) is 4.73. The number of methoxy groups -OCH3 is 1. The lowest BCUT2D eigenvalue weighted by atomic mass is 9.88. The molecule has 0 aromatic heterocycles. The molecule has 0 unspecified atom stereocenters. The molecule has 1 heterocycles. The number of piperidine rings is 1. The standard InChI is InChI=1S/C27H28N2O3/c1-18-8-9-21(20-12-14-28-15-13-20)16-24(18)26(30)29-25-17-22(19-6-4-3-5-7-19)10-11-23(25)27(31)32-2/h3-11,16-17,20,28H,12-15H2,1-2H3,(H,29,30). The van der Waals surface area contributed by atoms with Crippen LogP contribution in [-0.2, 0) is 4.74 Å². The van der Waals surface area contributed by atoms with E-state index in [-0.39, 0.29) is 5.91 Å². The van der Waals surface area contributed by atoms with Crippen LogP contribution in [0.15, 0.2) is 66.7 Å². The number of rotatable bonds is 5. The first-order valence-electron chi connectivity index (χ1n) is 11.0. The molecule has 0 aliphatic carbocycles. The minimum atomic E-state index is -0.486. The van der Waals surface area contributed by atoms with Crippen molar-refractivity contribution in [3.8, 4) is 11.1 Å². The third-order valence-corrected chi connectivity index (χ3v) is 6.10. The maximum Gasteiger partial charge on any atom is 0.339 e. The lowest BCUT2D eigenvalue weighted by Gasteiger charge is -2.23. The van der Waals surface area contributed by atoms with E-state index >= 15 is 0 Å². The number of benzene rings is 3. The Kier molecular flexibility index (Phi) is 6.66. The zero-order valence-corrected chi connectivity index (χ0v) is 18.5. The van der Waals surface area contributed by atoms with E-state index in [1.54, 1.807) is 6.07 Å². The van der Waals surface area contributed by atoms with E-state index in [0.717, 1.165) is 42.6 Å². The molecule has 32 heavy (non-hydrogen) atoms. The number of aryl methyl sites for hydroxylation is 1. The van der Waals surface area contributed by atoms with Crippen LogP contribution in [0.25, 0.3) is 11.1 Å². The van der Waals surface area contributed by atoms with Crippen molar-refractivity contribution in [3.05, 3.63) is 89.0 Å². The summed E-state index contributed by atoms with van der Waals surface area (Å²) < 4.78 is 4.94. The number of hydrogen-bond acceptors (Lipinski definition) is 4. The van der Waals surface area contributed by atoms with Crippen LogP contribution in [0.1, 0.15) is 50.6 Å². The van der Waals surface area contributed by atoms with E-state index in [1.165, 1.54) is 12.7 Å². The fourth-order valence-electron chi connectivity index (χ4n) is 4.23. The van der Waals surface area contributed by atoms with Crippen molar-refractivity contribution in [1.29, 1.82) is 0 Å². The van der Waals surface area contributed by atoms with Gasteiger partial charge in [0.2, 0.25) is 0 Å². The van der Waals surface area contributed by atoms with Crippen LogP contribution < -0.4 is 10.6 Å². The minimum Gasteiger partial charge on any atom is -0.465 e. The Morgan fingerprint density at radius 1 is 0.906 bits per heavy atom. The molecule has 0 radical (unpaired) electrons. The van der Waals surface area contributed by atoms with Gasteiger partial charge in [-0.2, -0.15) is 0 Å². The fraction of sp³-hybridized carbons (Fsp3) is 0.259. The maximum atomic E-state index is 13.3. The summed E-state index contributed by atoms with van der Waals surface area (Å²) >= 11 is 0. The molecule has 4 rings (SSSR count). The van der Waals surface area contributed by atoms with Gasteiger partial charge in [0.1, 0.15) is 0 Å². The quantitative estimate of drug-likeness (QED) is 0.551. The van der Waals surface area contributed by atoms with Crippen molar-refractivity contribution >= 4 is 17.6 Å². The molecule has 0 atom stereocenters. The van der Waals surface area contributed by atoms with Crippen molar-refractivity contribution < 1.29 is 14.3 Å². The third-order valence-electron chi connectivity index (χ3n) is 6.10. The van der Waals surface area contributed by atoms with E-state index in [2.05, 4.69) is 16.7 Å². The Morgan fingerprint density at radius 2 is 1.66 bits per heavy atom. The molecule has 0 saturated carbocycles. The van der Waals surface area contributed by atoms with E-state index < -0.39 is 5.97 Å². The molecule has 1 saturated heterocycles. The van der Waals surface area contributed by atoms with E-state index in [1.807, 2.05) is 61.5 Å².